The number of carbonyl (C=O) groups excluding carboxylic acids is 1. The van der Waals surface area contributed by atoms with E-state index < -0.39 is 10.2 Å². The van der Waals surface area contributed by atoms with Crippen molar-refractivity contribution < 1.29 is 17.9 Å². The Labute approximate surface area is 188 Å². The van der Waals surface area contributed by atoms with Crippen LogP contribution < -0.4 is 4.31 Å². The van der Waals surface area contributed by atoms with Crippen LogP contribution in [-0.2, 0) is 26.9 Å². The van der Waals surface area contributed by atoms with Crippen molar-refractivity contribution in [2.45, 2.75) is 45.6 Å². The average Bonchev–Trinajstić information content (AvgIpc) is 3.39. The number of fused-ring (bicyclic) bond motifs is 1. The third kappa shape index (κ3) is 4.16. The molecule has 0 amide bonds. The second-order valence-corrected chi connectivity index (χ2v) is 11.0. The van der Waals surface area contributed by atoms with E-state index in [9.17, 15) is 13.2 Å². The van der Waals surface area contributed by atoms with E-state index in [-0.39, 0.29) is 11.1 Å². The van der Waals surface area contributed by atoms with Crippen LogP contribution >= 0.6 is 0 Å². The van der Waals surface area contributed by atoms with Crippen LogP contribution in [0.2, 0.25) is 0 Å². The number of anilines is 1. The van der Waals surface area contributed by atoms with Crippen molar-refractivity contribution in [2.75, 3.05) is 24.6 Å². The molecule has 0 radical (unpaired) electrons. The first-order valence-corrected chi connectivity index (χ1v) is 12.1. The quantitative estimate of drug-likeness (QED) is 0.526. The zero-order chi connectivity index (χ0) is 23.1. The topological polar surface area (TPSA) is 99.3 Å². The van der Waals surface area contributed by atoms with Crippen molar-refractivity contribution in [3.05, 3.63) is 42.0 Å². The van der Waals surface area contributed by atoms with Crippen molar-refractivity contribution >= 4 is 33.2 Å². The van der Waals surface area contributed by atoms with Gasteiger partial charge in [-0.15, -0.1) is 4.09 Å². The zero-order valence-electron chi connectivity index (χ0n) is 18.9. The van der Waals surface area contributed by atoms with Gasteiger partial charge in [0.1, 0.15) is 11.5 Å². The number of ether oxygens (including phenoxy) is 1. The summed E-state index contributed by atoms with van der Waals surface area (Å²) in [7, 11) is -2.51. The molecule has 172 valence electrons. The first-order valence-electron chi connectivity index (χ1n) is 10.7. The Hall–Kier alpha value is -2.72. The summed E-state index contributed by atoms with van der Waals surface area (Å²) in [6, 6.07) is 6.85. The Kier molecular flexibility index (Phi) is 5.85. The van der Waals surface area contributed by atoms with E-state index in [0.717, 1.165) is 57.9 Å². The Morgan fingerprint density at radius 1 is 1.22 bits per heavy atom. The second kappa shape index (κ2) is 8.32. The van der Waals surface area contributed by atoms with Crippen molar-refractivity contribution in [1.82, 2.24) is 18.7 Å². The summed E-state index contributed by atoms with van der Waals surface area (Å²) in [5.74, 6) is 1.50. The van der Waals surface area contributed by atoms with Crippen molar-refractivity contribution in [2.24, 2.45) is 5.92 Å². The molecule has 1 aromatic carbocycles. The predicted octanol–water partition coefficient (Wildman–Crippen LogP) is 3.00. The van der Waals surface area contributed by atoms with Gasteiger partial charge in [0.15, 0.2) is 6.29 Å². The standard InChI is InChI=1S/C22H29N5O4S/c1-22(2,3)21-23-19-13-18(25(4)32(29,30)27-10-7-17(15-28)24-27)5-6-20(19)26(21)14-16-8-11-31-12-9-16/h5-7,10,13,15-16H,8-9,11-12,14H2,1-4H3. The molecule has 0 N–H and O–H groups in total. The largest absolute Gasteiger partial charge is 0.381 e. The Balaban J connectivity index is 1.73. The van der Waals surface area contributed by atoms with E-state index in [4.69, 9.17) is 9.72 Å². The number of imidazole rings is 1. The second-order valence-electron chi connectivity index (χ2n) is 9.23. The molecule has 9 nitrogen and oxygen atoms in total. The van der Waals surface area contributed by atoms with E-state index in [0.29, 0.717) is 17.9 Å². The van der Waals surface area contributed by atoms with Gasteiger partial charge in [-0.05, 0) is 43.0 Å². The molecule has 0 spiro atoms. The maximum atomic E-state index is 13.0. The van der Waals surface area contributed by atoms with E-state index >= 15 is 0 Å². The number of hydrogen-bond acceptors (Lipinski definition) is 6. The van der Waals surface area contributed by atoms with Crippen molar-refractivity contribution in [3.8, 4) is 0 Å². The van der Waals surface area contributed by atoms with Crippen LogP contribution in [0.3, 0.4) is 0 Å². The molecule has 32 heavy (non-hydrogen) atoms. The minimum absolute atomic E-state index is 0.0547. The van der Waals surface area contributed by atoms with E-state index in [1.807, 2.05) is 6.07 Å². The van der Waals surface area contributed by atoms with Gasteiger partial charge in [-0.2, -0.15) is 13.5 Å². The summed E-state index contributed by atoms with van der Waals surface area (Å²) >= 11 is 0. The van der Waals surface area contributed by atoms with Gasteiger partial charge in [-0.25, -0.2) is 4.98 Å². The van der Waals surface area contributed by atoms with Gasteiger partial charge in [0.05, 0.1) is 16.7 Å². The van der Waals surface area contributed by atoms with Crippen LogP contribution in [0.15, 0.2) is 30.5 Å². The SMILES string of the molecule is CN(c1ccc2c(c1)nc(C(C)(C)C)n2CC1CCOCC1)S(=O)(=O)n1ccc(C=O)n1. The zero-order valence-corrected chi connectivity index (χ0v) is 19.7. The molecular formula is C22H29N5O4S. The Morgan fingerprint density at radius 3 is 2.56 bits per heavy atom. The number of aldehydes is 1. The first kappa shape index (κ1) is 22.5. The smallest absolute Gasteiger partial charge is 0.345 e. The van der Waals surface area contributed by atoms with Gasteiger partial charge >= 0.3 is 10.2 Å². The van der Waals surface area contributed by atoms with E-state index in [1.54, 1.807) is 12.1 Å². The summed E-state index contributed by atoms with van der Waals surface area (Å²) in [4.78, 5) is 15.8. The van der Waals surface area contributed by atoms with Crippen LogP contribution in [0.5, 0.6) is 0 Å². The van der Waals surface area contributed by atoms with Crippen LogP contribution in [-0.4, -0.2) is 53.7 Å². The van der Waals surface area contributed by atoms with Gasteiger partial charge in [0, 0.05) is 38.4 Å². The van der Waals surface area contributed by atoms with Gasteiger partial charge in [0.2, 0.25) is 0 Å². The molecule has 1 aliphatic heterocycles. The summed E-state index contributed by atoms with van der Waals surface area (Å²) in [6.45, 7) is 8.83. The normalized spacial score (nSPS) is 15.9. The lowest BCUT2D eigenvalue weighted by molar-refractivity contribution is 0.0611. The molecule has 0 bridgehead atoms. The highest BCUT2D eigenvalue weighted by Gasteiger charge is 2.27. The molecule has 4 rings (SSSR count). The molecule has 1 saturated heterocycles. The van der Waals surface area contributed by atoms with Crippen LogP contribution in [0.1, 0.15) is 49.9 Å². The molecule has 3 heterocycles. The maximum Gasteiger partial charge on any atom is 0.345 e. The number of nitrogens with zero attached hydrogens (tertiary/aromatic N) is 5. The fourth-order valence-electron chi connectivity index (χ4n) is 4.03. The highest BCUT2D eigenvalue weighted by Crippen LogP contribution is 2.31. The van der Waals surface area contributed by atoms with Gasteiger partial charge in [-0.1, -0.05) is 20.8 Å². The van der Waals surface area contributed by atoms with Crippen LogP contribution in [0, 0.1) is 5.92 Å². The molecule has 0 unspecified atom stereocenters. The molecule has 1 fully saturated rings. The van der Waals surface area contributed by atoms with E-state index in [1.165, 1.54) is 19.3 Å². The highest BCUT2D eigenvalue weighted by molar-refractivity contribution is 7.91. The summed E-state index contributed by atoms with van der Waals surface area (Å²) in [5.41, 5.74) is 2.09. The summed E-state index contributed by atoms with van der Waals surface area (Å²) < 4.78 is 35.6. The fourth-order valence-corrected chi connectivity index (χ4v) is 5.07. The number of rotatable bonds is 6. The number of aromatic nitrogens is 4. The monoisotopic (exact) mass is 459 g/mol. The summed E-state index contributed by atoms with van der Waals surface area (Å²) in [6.07, 6.45) is 3.82. The Bertz CT molecular complexity index is 1230. The third-order valence-electron chi connectivity index (χ3n) is 5.84. The predicted molar refractivity (Wildman–Crippen MR) is 122 cm³/mol. The molecule has 0 saturated carbocycles. The van der Waals surface area contributed by atoms with Gasteiger partial charge in [0.25, 0.3) is 0 Å². The molecule has 0 aliphatic carbocycles. The molecule has 2 aromatic heterocycles. The maximum absolute atomic E-state index is 13.0. The third-order valence-corrected chi connectivity index (χ3v) is 7.42. The highest BCUT2D eigenvalue weighted by atomic mass is 32.2. The van der Waals surface area contributed by atoms with Crippen molar-refractivity contribution in [3.63, 3.8) is 0 Å². The first-order chi connectivity index (χ1) is 15.1. The number of hydrogen-bond donors (Lipinski definition) is 0. The summed E-state index contributed by atoms with van der Waals surface area (Å²) in [5, 5.41) is 3.81. The van der Waals surface area contributed by atoms with Gasteiger partial charge in [-0.3, -0.25) is 9.10 Å². The van der Waals surface area contributed by atoms with E-state index in [2.05, 4.69) is 30.4 Å². The molecule has 0 atom stereocenters. The lowest BCUT2D eigenvalue weighted by Crippen LogP contribution is -2.32. The van der Waals surface area contributed by atoms with Gasteiger partial charge < -0.3 is 9.30 Å². The average molecular weight is 460 g/mol. The molecular weight excluding hydrogens is 430 g/mol. The molecule has 10 heteroatoms. The Morgan fingerprint density at radius 2 is 1.94 bits per heavy atom. The van der Waals surface area contributed by atoms with Crippen LogP contribution in [0.25, 0.3) is 11.0 Å². The van der Waals surface area contributed by atoms with Crippen molar-refractivity contribution in [1.29, 1.82) is 0 Å². The fraction of sp³-hybridized carbons (Fsp3) is 0.500. The lowest BCUT2D eigenvalue weighted by atomic mass is 9.94. The van der Waals surface area contributed by atoms with Crippen LogP contribution in [0.4, 0.5) is 5.69 Å². The molecule has 3 aromatic rings. The minimum atomic E-state index is -3.97. The number of carbonyl (C=O) groups is 1. The lowest BCUT2D eigenvalue weighted by Gasteiger charge is -2.26. The molecule has 1 aliphatic rings. The number of benzene rings is 1. The minimum Gasteiger partial charge on any atom is -0.381 e.